The van der Waals surface area contributed by atoms with Gasteiger partial charge in [0.15, 0.2) is 0 Å². The number of nitrogens with one attached hydrogen (secondary N) is 1. The van der Waals surface area contributed by atoms with Crippen molar-refractivity contribution < 1.29 is 0 Å². The molecule has 1 fully saturated rings. The summed E-state index contributed by atoms with van der Waals surface area (Å²) in [5.74, 6) is 0.907. The van der Waals surface area contributed by atoms with Gasteiger partial charge >= 0.3 is 0 Å². The number of rotatable bonds is 2. The third-order valence-corrected chi connectivity index (χ3v) is 3.48. The Kier molecular flexibility index (Phi) is 3.64. The van der Waals surface area contributed by atoms with Gasteiger partial charge in [0, 0.05) is 17.3 Å². The average Bonchev–Trinajstić information content (AvgIpc) is 2.27. The molecule has 0 unspecified atom stereocenters. The van der Waals surface area contributed by atoms with Crippen LogP contribution >= 0.6 is 11.6 Å². The van der Waals surface area contributed by atoms with Crippen molar-refractivity contribution in [2.24, 2.45) is 0 Å². The topological polar surface area (TPSA) is 37.8 Å². The van der Waals surface area contributed by atoms with Crippen molar-refractivity contribution in [2.45, 2.75) is 52.0 Å². The van der Waals surface area contributed by atoms with Gasteiger partial charge < -0.3 is 5.32 Å². The Morgan fingerprint density at radius 3 is 2.50 bits per heavy atom. The molecule has 88 valence electrons. The normalized spacial score (nSPS) is 17.4. The molecule has 0 amide bonds. The molecule has 3 nitrogen and oxygen atoms in total. The maximum atomic E-state index is 5.88. The molecule has 1 N–H and O–H groups in total. The van der Waals surface area contributed by atoms with Crippen molar-refractivity contribution in [3.8, 4) is 0 Å². The molecule has 16 heavy (non-hydrogen) atoms. The molecule has 1 aromatic rings. The first kappa shape index (κ1) is 11.6. The van der Waals surface area contributed by atoms with E-state index in [4.69, 9.17) is 11.6 Å². The van der Waals surface area contributed by atoms with Crippen molar-refractivity contribution in [3.05, 3.63) is 16.5 Å². The zero-order valence-electron chi connectivity index (χ0n) is 9.89. The SMILES string of the molecule is Cc1nc(Cl)nc(NC2CCCCC2)c1C. The van der Waals surface area contributed by atoms with Crippen LogP contribution in [0.15, 0.2) is 0 Å². The maximum absolute atomic E-state index is 5.88. The second-order valence-corrected chi connectivity index (χ2v) is 4.87. The number of halogens is 1. The molecule has 1 heterocycles. The molecule has 0 bridgehead atoms. The molecular weight excluding hydrogens is 222 g/mol. The highest BCUT2D eigenvalue weighted by Crippen LogP contribution is 2.23. The second kappa shape index (κ2) is 5.00. The first-order valence-corrected chi connectivity index (χ1v) is 6.32. The number of aromatic nitrogens is 2. The number of anilines is 1. The van der Waals surface area contributed by atoms with Crippen molar-refractivity contribution in [3.63, 3.8) is 0 Å². The van der Waals surface area contributed by atoms with E-state index in [-0.39, 0.29) is 0 Å². The van der Waals surface area contributed by atoms with E-state index in [0.717, 1.165) is 17.1 Å². The van der Waals surface area contributed by atoms with Gasteiger partial charge in [0.1, 0.15) is 5.82 Å². The Labute approximate surface area is 102 Å². The van der Waals surface area contributed by atoms with Crippen LogP contribution in [0.2, 0.25) is 5.28 Å². The number of aryl methyl sites for hydroxylation is 1. The molecule has 0 radical (unpaired) electrons. The minimum absolute atomic E-state index is 0.335. The monoisotopic (exact) mass is 239 g/mol. The molecule has 0 aliphatic heterocycles. The van der Waals surface area contributed by atoms with Crippen molar-refractivity contribution in [1.29, 1.82) is 0 Å². The summed E-state index contributed by atoms with van der Waals surface area (Å²) in [5, 5.41) is 3.83. The fraction of sp³-hybridized carbons (Fsp3) is 0.667. The Bertz CT molecular complexity index is 373. The fourth-order valence-corrected chi connectivity index (χ4v) is 2.39. The van der Waals surface area contributed by atoms with Gasteiger partial charge in [0.05, 0.1) is 0 Å². The van der Waals surface area contributed by atoms with Crippen LogP contribution in [0.3, 0.4) is 0 Å². The molecular formula is C12H18ClN3. The van der Waals surface area contributed by atoms with E-state index in [1.807, 2.05) is 13.8 Å². The van der Waals surface area contributed by atoms with Crippen molar-refractivity contribution in [1.82, 2.24) is 9.97 Å². The summed E-state index contributed by atoms with van der Waals surface area (Å²) in [6.45, 7) is 4.01. The highest BCUT2D eigenvalue weighted by molar-refractivity contribution is 6.28. The summed E-state index contributed by atoms with van der Waals surface area (Å²) in [6.07, 6.45) is 6.46. The summed E-state index contributed by atoms with van der Waals surface area (Å²) >= 11 is 5.88. The summed E-state index contributed by atoms with van der Waals surface area (Å²) < 4.78 is 0. The predicted molar refractivity (Wildman–Crippen MR) is 67.0 cm³/mol. The van der Waals surface area contributed by atoms with Crippen LogP contribution in [0.4, 0.5) is 5.82 Å². The lowest BCUT2D eigenvalue weighted by atomic mass is 9.95. The lowest BCUT2D eigenvalue weighted by Crippen LogP contribution is -2.23. The third-order valence-electron chi connectivity index (χ3n) is 3.31. The van der Waals surface area contributed by atoms with E-state index in [9.17, 15) is 0 Å². The van der Waals surface area contributed by atoms with Gasteiger partial charge in [-0.05, 0) is 38.3 Å². The van der Waals surface area contributed by atoms with Gasteiger partial charge in [0.2, 0.25) is 5.28 Å². The number of hydrogen-bond acceptors (Lipinski definition) is 3. The number of hydrogen-bond donors (Lipinski definition) is 1. The Morgan fingerprint density at radius 2 is 1.81 bits per heavy atom. The predicted octanol–water partition coefficient (Wildman–Crippen LogP) is 3.49. The van der Waals surface area contributed by atoms with E-state index in [2.05, 4.69) is 15.3 Å². The maximum Gasteiger partial charge on any atom is 0.224 e. The van der Waals surface area contributed by atoms with Crippen LogP contribution in [0.5, 0.6) is 0 Å². The molecule has 4 heteroatoms. The van der Waals surface area contributed by atoms with E-state index in [1.54, 1.807) is 0 Å². The van der Waals surface area contributed by atoms with Gasteiger partial charge in [-0.15, -0.1) is 0 Å². The molecule has 1 aliphatic rings. The van der Waals surface area contributed by atoms with Gasteiger partial charge in [-0.2, -0.15) is 0 Å². The van der Waals surface area contributed by atoms with Crippen LogP contribution in [0.1, 0.15) is 43.4 Å². The van der Waals surface area contributed by atoms with Crippen LogP contribution in [-0.4, -0.2) is 16.0 Å². The van der Waals surface area contributed by atoms with Crippen LogP contribution < -0.4 is 5.32 Å². The Balaban J connectivity index is 2.13. The van der Waals surface area contributed by atoms with E-state index < -0.39 is 0 Å². The van der Waals surface area contributed by atoms with E-state index in [1.165, 1.54) is 32.1 Å². The van der Waals surface area contributed by atoms with Gasteiger partial charge in [-0.25, -0.2) is 9.97 Å². The lowest BCUT2D eigenvalue weighted by Gasteiger charge is -2.24. The third kappa shape index (κ3) is 2.64. The summed E-state index contributed by atoms with van der Waals surface area (Å²) in [4.78, 5) is 8.41. The highest BCUT2D eigenvalue weighted by atomic mass is 35.5. The zero-order chi connectivity index (χ0) is 11.5. The molecule has 1 saturated carbocycles. The molecule has 0 spiro atoms. The largest absolute Gasteiger partial charge is 0.367 e. The van der Waals surface area contributed by atoms with Crippen LogP contribution in [0.25, 0.3) is 0 Å². The minimum Gasteiger partial charge on any atom is -0.367 e. The zero-order valence-corrected chi connectivity index (χ0v) is 10.6. The highest BCUT2D eigenvalue weighted by Gasteiger charge is 2.15. The molecule has 0 atom stereocenters. The fourth-order valence-electron chi connectivity index (χ4n) is 2.18. The first-order chi connectivity index (χ1) is 7.66. The smallest absolute Gasteiger partial charge is 0.224 e. The van der Waals surface area contributed by atoms with Crippen LogP contribution in [-0.2, 0) is 0 Å². The van der Waals surface area contributed by atoms with E-state index in [0.29, 0.717) is 11.3 Å². The van der Waals surface area contributed by atoms with Crippen LogP contribution in [0, 0.1) is 13.8 Å². The standard InChI is InChI=1S/C12H18ClN3/c1-8-9(2)14-12(13)16-11(8)15-10-6-4-3-5-7-10/h10H,3-7H2,1-2H3,(H,14,15,16). The van der Waals surface area contributed by atoms with Gasteiger partial charge in [-0.3, -0.25) is 0 Å². The quantitative estimate of drug-likeness (QED) is 0.803. The van der Waals surface area contributed by atoms with Crippen molar-refractivity contribution in [2.75, 3.05) is 5.32 Å². The van der Waals surface area contributed by atoms with Crippen molar-refractivity contribution >= 4 is 17.4 Å². The van der Waals surface area contributed by atoms with E-state index >= 15 is 0 Å². The summed E-state index contributed by atoms with van der Waals surface area (Å²) in [7, 11) is 0. The molecule has 0 saturated heterocycles. The number of nitrogens with zero attached hydrogens (tertiary/aromatic N) is 2. The molecule has 0 aromatic carbocycles. The van der Waals surface area contributed by atoms with Gasteiger partial charge in [-0.1, -0.05) is 19.3 Å². The summed E-state index contributed by atoms with van der Waals surface area (Å²) in [6, 6.07) is 0.554. The summed E-state index contributed by atoms with van der Waals surface area (Å²) in [5.41, 5.74) is 2.06. The average molecular weight is 240 g/mol. The minimum atomic E-state index is 0.335. The second-order valence-electron chi connectivity index (χ2n) is 4.53. The Hall–Kier alpha value is -0.830. The molecule has 2 rings (SSSR count). The molecule has 1 aliphatic carbocycles. The first-order valence-electron chi connectivity index (χ1n) is 5.94. The lowest BCUT2D eigenvalue weighted by molar-refractivity contribution is 0.461. The molecule has 1 aromatic heterocycles. The Morgan fingerprint density at radius 1 is 1.12 bits per heavy atom. The van der Waals surface area contributed by atoms with Gasteiger partial charge in [0.25, 0.3) is 0 Å².